The first-order valence-electron chi connectivity index (χ1n) is 4.33. The van der Waals surface area contributed by atoms with Crippen LogP contribution in [0.25, 0.3) is 12.3 Å². The molecule has 1 aromatic rings. The van der Waals surface area contributed by atoms with Gasteiger partial charge >= 0.3 is 0 Å². The van der Waals surface area contributed by atoms with E-state index in [1.165, 1.54) is 16.1 Å². The van der Waals surface area contributed by atoms with Gasteiger partial charge in [0.05, 0.1) is 0 Å². The highest BCUT2D eigenvalue weighted by atomic mass is 14.8. The quantitative estimate of drug-likeness (QED) is 0.653. The summed E-state index contributed by atoms with van der Waals surface area (Å²) in [4.78, 5) is 3.21. The monoisotopic (exact) mass is 164 g/mol. The van der Waals surface area contributed by atoms with Gasteiger partial charge < -0.3 is 10.3 Å². The van der Waals surface area contributed by atoms with Gasteiger partial charge in [-0.05, 0) is 26.3 Å². The number of nitrogens with one attached hydrogen (secondary N) is 2. The second-order valence-electron chi connectivity index (χ2n) is 2.79. The van der Waals surface area contributed by atoms with Gasteiger partial charge in [0.2, 0.25) is 0 Å². The third-order valence-corrected chi connectivity index (χ3v) is 1.90. The Balaban J connectivity index is 3.20. The van der Waals surface area contributed by atoms with Crippen LogP contribution in [0, 0.1) is 6.92 Å². The van der Waals surface area contributed by atoms with Gasteiger partial charge in [-0.1, -0.05) is 6.08 Å². The number of aromatic nitrogens is 1. The van der Waals surface area contributed by atoms with E-state index in [9.17, 15) is 0 Å². The van der Waals surface area contributed by atoms with Gasteiger partial charge in [0.1, 0.15) is 0 Å². The van der Waals surface area contributed by atoms with Crippen molar-refractivity contribution in [1.29, 1.82) is 0 Å². The molecule has 0 atom stereocenters. The van der Waals surface area contributed by atoms with E-state index in [0.717, 1.165) is 6.54 Å². The molecule has 0 aliphatic heterocycles. The summed E-state index contributed by atoms with van der Waals surface area (Å²) >= 11 is 0. The first kappa shape index (κ1) is 8.91. The first-order valence-corrected chi connectivity index (χ1v) is 4.33. The van der Waals surface area contributed by atoms with Gasteiger partial charge in [-0.25, -0.2) is 0 Å². The van der Waals surface area contributed by atoms with Crippen LogP contribution in [0.1, 0.15) is 19.4 Å². The summed E-state index contributed by atoms with van der Waals surface area (Å²) in [6, 6.07) is 0. The normalized spacial score (nSPS) is 13.9. The van der Waals surface area contributed by atoms with Crippen LogP contribution in [-0.2, 0) is 0 Å². The molecule has 0 radical (unpaired) electrons. The topological polar surface area (TPSA) is 27.8 Å². The van der Waals surface area contributed by atoms with Crippen molar-refractivity contribution in [2.45, 2.75) is 20.8 Å². The lowest BCUT2D eigenvalue weighted by Gasteiger charge is -1.90. The van der Waals surface area contributed by atoms with Crippen LogP contribution in [0.3, 0.4) is 0 Å². The number of aromatic amines is 1. The van der Waals surface area contributed by atoms with Gasteiger partial charge in [-0.2, -0.15) is 0 Å². The van der Waals surface area contributed by atoms with Crippen LogP contribution in [0.5, 0.6) is 0 Å². The molecule has 1 heterocycles. The molecule has 0 unspecified atom stereocenters. The Hall–Kier alpha value is -1.18. The van der Waals surface area contributed by atoms with E-state index in [0.29, 0.717) is 0 Å². The molecule has 66 valence electrons. The summed E-state index contributed by atoms with van der Waals surface area (Å²) in [5, 5.41) is 5.65. The Morgan fingerprint density at radius 3 is 2.92 bits per heavy atom. The zero-order valence-electron chi connectivity index (χ0n) is 7.94. The van der Waals surface area contributed by atoms with E-state index < -0.39 is 0 Å². The average Bonchev–Trinajstić information content (AvgIpc) is 2.43. The number of hydrogen-bond acceptors (Lipinski definition) is 1. The number of hydrogen-bond donors (Lipinski definition) is 2. The summed E-state index contributed by atoms with van der Waals surface area (Å²) in [6.07, 6.45) is 6.16. The summed E-state index contributed by atoms with van der Waals surface area (Å²) in [7, 11) is 0. The van der Waals surface area contributed by atoms with Gasteiger partial charge in [-0.15, -0.1) is 0 Å². The zero-order chi connectivity index (χ0) is 8.97. The van der Waals surface area contributed by atoms with Crippen LogP contribution < -0.4 is 15.9 Å². The van der Waals surface area contributed by atoms with Gasteiger partial charge in [0.15, 0.2) is 0 Å². The molecule has 2 N–H and O–H groups in total. The third kappa shape index (κ3) is 1.70. The van der Waals surface area contributed by atoms with E-state index in [1.54, 1.807) is 0 Å². The lowest BCUT2D eigenvalue weighted by Crippen LogP contribution is -2.26. The van der Waals surface area contributed by atoms with E-state index in [4.69, 9.17) is 0 Å². The van der Waals surface area contributed by atoms with Crippen molar-refractivity contribution in [3.8, 4) is 0 Å². The highest BCUT2D eigenvalue weighted by molar-refractivity contribution is 5.30. The first-order chi connectivity index (χ1) is 5.79. The maximum atomic E-state index is 3.21. The average molecular weight is 164 g/mol. The van der Waals surface area contributed by atoms with Gasteiger partial charge in [0.25, 0.3) is 0 Å². The van der Waals surface area contributed by atoms with Gasteiger partial charge in [-0.3, -0.25) is 0 Å². The molecule has 0 bridgehead atoms. The number of rotatable bonds is 2. The highest BCUT2D eigenvalue weighted by Gasteiger charge is 1.90. The number of aryl methyl sites for hydroxylation is 1. The van der Waals surface area contributed by atoms with Crippen molar-refractivity contribution < 1.29 is 0 Å². The highest BCUT2D eigenvalue weighted by Crippen LogP contribution is 1.78. The zero-order valence-corrected chi connectivity index (χ0v) is 7.94. The summed E-state index contributed by atoms with van der Waals surface area (Å²) in [5.41, 5.74) is 1.28. The Morgan fingerprint density at radius 2 is 2.33 bits per heavy atom. The second-order valence-corrected chi connectivity index (χ2v) is 2.79. The minimum Gasteiger partial charge on any atom is -0.391 e. The predicted molar refractivity (Wildman–Crippen MR) is 53.1 cm³/mol. The van der Waals surface area contributed by atoms with Crippen molar-refractivity contribution in [1.82, 2.24) is 10.3 Å². The van der Waals surface area contributed by atoms with E-state index >= 15 is 0 Å². The fourth-order valence-electron chi connectivity index (χ4n) is 1.19. The Kier molecular flexibility index (Phi) is 2.97. The minimum atomic E-state index is 0.966. The molecule has 1 aromatic heterocycles. The molecule has 0 saturated carbocycles. The lowest BCUT2D eigenvalue weighted by molar-refractivity contribution is 0.962. The summed E-state index contributed by atoms with van der Waals surface area (Å²) < 4.78 is 0. The summed E-state index contributed by atoms with van der Waals surface area (Å²) in [6.45, 7) is 7.20. The molecule has 2 nitrogen and oxygen atoms in total. The Bertz CT molecular complexity index is 346. The SMILES string of the molecule is C/C=c1/[nH]cc(C)/c1=C/NCC. The standard InChI is InChI=1S/C10H16N2/c1-4-10-9(7-11-5-2)8(3)6-12-10/h4,6-7,11-12H,5H2,1-3H3/b9-7-,10-4+. The Morgan fingerprint density at radius 1 is 1.58 bits per heavy atom. The molecule has 0 aromatic carbocycles. The van der Waals surface area contributed by atoms with Crippen molar-refractivity contribution >= 4 is 12.3 Å². The summed E-state index contributed by atoms with van der Waals surface area (Å²) in [5.74, 6) is 0. The van der Waals surface area contributed by atoms with Crippen LogP contribution in [0.15, 0.2) is 6.20 Å². The van der Waals surface area contributed by atoms with Crippen molar-refractivity contribution in [3.05, 3.63) is 22.3 Å². The van der Waals surface area contributed by atoms with Crippen molar-refractivity contribution in [2.24, 2.45) is 0 Å². The van der Waals surface area contributed by atoms with Crippen LogP contribution in [0.2, 0.25) is 0 Å². The lowest BCUT2D eigenvalue weighted by atomic mass is 10.3. The van der Waals surface area contributed by atoms with E-state index in [-0.39, 0.29) is 0 Å². The molecular formula is C10H16N2. The Labute approximate surface area is 73.0 Å². The largest absolute Gasteiger partial charge is 0.391 e. The van der Waals surface area contributed by atoms with Crippen LogP contribution in [0.4, 0.5) is 0 Å². The molecule has 0 aliphatic carbocycles. The number of H-pyrrole nitrogens is 1. The predicted octanol–water partition coefficient (Wildman–Crippen LogP) is 0.471. The van der Waals surface area contributed by atoms with Crippen LogP contribution in [-0.4, -0.2) is 11.5 Å². The molecular weight excluding hydrogens is 148 g/mol. The molecule has 0 saturated heterocycles. The van der Waals surface area contributed by atoms with Crippen molar-refractivity contribution in [2.75, 3.05) is 6.54 Å². The van der Waals surface area contributed by atoms with E-state index in [2.05, 4.69) is 36.4 Å². The molecule has 1 rings (SSSR count). The maximum absolute atomic E-state index is 3.21. The fourth-order valence-corrected chi connectivity index (χ4v) is 1.19. The molecule has 0 fully saturated rings. The molecule has 2 heteroatoms. The molecule has 0 aliphatic rings. The van der Waals surface area contributed by atoms with Crippen LogP contribution >= 0.6 is 0 Å². The minimum absolute atomic E-state index is 0.966. The van der Waals surface area contributed by atoms with Crippen molar-refractivity contribution in [3.63, 3.8) is 0 Å². The smallest absolute Gasteiger partial charge is 0.0427 e. The van der Waals surface area contributed by atoms with Gasteiger partial charge in [0, 0.05) is 29.5 Å². The van der Waals surface area contributed by atoms with E-state index in [1.807, 2.05) is 13.1 Å². The second kappa shape index (κ2) is 4.00. The molecule has 12 heavy (non-hydrogen) atoms. The third-order valence-electron chi connectivity index (χ3n) is 1.90. The fraction of sp³-hybridized carbons (Fsp3) is 0.400. The molecule has 0 amide bonds. The maximum Gasteiger partial charge on any atom is 0.0427 e. The molecule has 0 spiro atoms.